The van der Waals surface area contributed by atoms with Crippen molar-refractivity contribution in [3.05, 3.63) is 90.5 Å². The molecule has 3 aromatic carbocycles. The summed E-state index contributed by atoms with van der Waals surface area (Å²) in [4.78, 5) is 0. The molecule has 0 N–H and O–H groups in total. The van der Waals surface area contributed by atoms with Crippen molar-refractivity contribution in [3.8, 4) is 11.3 Å². The van der Waals surface area contributed by atoms with E-state index in [0.29, 0.717) is 0 Å². The smallest absolute Gasteiger partial charge is 0.100 e. The van der Waals surface area contributed by atoms with Gasteiger partial charge in [-0.3, -0.25) is 4.68 Å². The largest absolute Gasteiger partial charge is 0.264 e. The molecule has 0 radical (unpaired) electrons. The second-order valence-corrected chi connectivity index (χ2v) is 5.69. The molecule has 2 heteroatoms. The molecule has 0 saturated heterocycles. The molecule has 0 spiro atoms. The number of aryl methyl sites for hydroxylation is 2. The Labute approximate surface area is 136 Å². The summed E-state index contributed by atoms with van der Waals surface area (Å²) >= 11 is 0. The number of nitrogens with zero attached hydrogens (tertiary/aromatic N) is 2. The number of rotatable bonds is 4. The van der Waals surface area contributed by atoms with Crippen LogP contribution >= 0.6 is 0 Å². The van der Waals surface area contributed by atoms with Gasteiger partial charge >= 0.3 is 0 Å². The topological polar surface area (TPSA) is 17.8 Å². The predicted molar refractivity (Wildman–Crippen MR) is 95.3 cm³/mol. The maximum absolute atomic E-state index is 4.89. The number of benzene rings is 3. The molecule has 0 saturated carbocycles. The molecule has 23 heavy (non-hydrogen) atoms. The molecule has 0 aliphatic heterocycles. The first-order chi connectivity index (χ1) is 11.4. The molecule has 0 atom stereocenters. The summed E-state index contributed by atoms with van der Waals surface area (Å²) < 4.78 is 2.13. The number of hydrogen-bond acceptors (Lipinski definition) is 1. The SMILES string of the molecule is c1ccc(CCn2nc(-c3ccccc3)c3ccccc32)cc1. The van der Waals surface area contributed by atoms with E-state index < -0.39 is 0 Å². The Hall–Kier alpha value is -2.87. The lowest BCUT2D eigenvalue weighted by molar-refractivity contribution is 0.637. The van der Waals surface area contributed by atoms with Crippen LogP contribution in [0.5, 0.6) is 0 Å². The molecule has 112 valence electrons. The normalized spacial score (nSPS) is 11.0. The average molecular weight is 298 g/mol. The second kappa shape index (κ2) is 6.09. The quantitative estimate of drug-likeness (QED) is 0.521. The Morgan fingerprint density at radius 3 is 2.13 bits per heavy atom. The molecule has 1 heterocycles. The van der Waals surface area contributed by atoms with Crippen molar-refractivity contribution in [3.63, 3.8) is 0 Å². The number of para-hydroxylation sites is 1. The zero-order valence-electron chi connectivity index (χ0n) is 12.9. The molecular formula is C21H18N2. The number of hydrogen-bond donors (Lipinski definition) is 0. The van der Waals surface area contributed by atoms with Crippen LogP contribution in [0.4, 0.5) is 0 Å². The molecule has 0 aliphatic carbocycles. The highest BCUT2D eigenvalue weighted by molar-refractivity contribution is 5.93. The first-order valence-corrected chi connectivity index (χ1v) is 7.97. The van der Waals surface area contributed by atoms with Crippen LogP contribution in [0, 0.1) is 0 Å². The molecule has 0 bridgehead atoms. The molecule has 0 fully saturated rings. The molecule has 0 amide bonds. The first kappa shape index (κ1) is 13.8. The van der Waals surface area contributed by atoms with Crippen LogP contribution in [-0.4, -0.2) is 9.78 Å². The van der Waals surface area contributed by atoms with Crippen LogP contribution < -0.4 is 0 Å². The fourth-order valence-electron chi connectivity index (χ4n) is 2.99. The highest BCUT2D eigenvalue weighted by atomic mass is 15.3. The van der Waals surface area contributed by atoms with Gasteiger partial charge in [0.2, 0.25) is 0 Å². The summed E-state index contributed by atoms with van der Waals surface area (Å²) in [5, 5.41) is 6.11. The maximum Gasteiger partial charge on any atom is 0.100 e. The van der Waals surface area contributed by atoms with Crippen LogP contribution in [0.25, 0.3) is 22.2 Å². The third-order valence-electron chi connectivity index (χ3n) is 4.16. The van der Waals surface area contributed by atoms with Gasteiger partial charge < -0.3 is 0 Å². The van der Waals surface area contributed by atoms with E-state index in [2.05, 4.69) is 83.5 Å². The molecule has 0 aliphatic rings. The van der Waals surface area contributed by atoms with E-state index in [1.54, 1.807) is 0 Å². The summed E-state index contributed by atoms with van der Waals surface area (Å²) in [6.45, 7) is 0.886. The highest BCUT2D eigenvalue weighted by Gasteiger charge is 2.11. The van der Waals surface area contributed by atoms with Gasteiger partial charge in [-0.1, -0.05) is 78.9 Å². The van der Waals surface area contributed by atoms with E-state index in [4.69, 9.17) is 5.10 Å². The summed E-state index contributed by atoms with van der Waals surface area (Å²) in [5.41, 5.74) is 4.77. The first-order valence-electron chi connectivity index (χ1n) is 7.97. The number of fused-ring (bicyclic) bond motifs is 1. The summed E-state index contributed by atoms with van der Waals surface area (Å²) in [5.74, 6) is 0. The van der Waals surface area contributed by atoms with Gasteiger partial charge in [0.1, 0.15) is 5.69 Å². The Morgan fingerprint density at radius 2 is 1.35 bits per heavy atom. The van der Waals surface area contributed by atoms with Gasteiger partial charge in [-0.15, -0.1) is 0 Å². The van der Waals surface area contributed by atoms with Crippen LogP contribution in [-0.2, 0) is 13.0 Å². The third kappa shape index (κ3) is 2.76. The molecule has 1 aromatic heterocycles. The van der Waals surface area contributed by atoms with Gasteiger partial charge in [0.15, 0.2) is 0 Å². The minimum Gasteiger partial charge on any atom is -0.264 e. The van der Waals surface area contributed by atoms with Gasteiger partial charge in [-0.05, 0) is 18.1 Å². The standard InChI is InChI=1S/C21H18N2/c1-3-9-17(10-4-1)15-16-23-20-14-8-7-13-19(20)21(22-23)18-11-5-2-6-12-18/h1-14H,15-16H2. The summed E-state index contributed by atoms with van der Waals surface area (Å²) in [6, 6.07) is 29.5. The zero-order chi connectivity index (χ0) is 15.5. The Kier molecular flexibility index (Phi) is 3.65. The van der Waals surface area contributed by atoms with E-state index in [0.717, 1.165) is 18.7 Å². The van der Waals surface area contributed by atoms with Gasteiger partial charge in [0.25, 0.3) is 0 Å². The molecule has 4 rings (SSSR count). The van der Waals surface area contributed by atoms with Crippen LogP contribution in [0.2, 0.25) is 0 Å². The third-order valence-corrected chi connectivity index (χ3v) is 4.16. The Morgan fingerprint density at radius 1 is 0.696 bits per heavy atom. The Balaban J connectivity index is 1.73. The fraction of sp³-hybridized carbons (Fsp3) is 0.0952. The van der Waals surface area contributed by atoms with Gasteiger partial charge in [0.05, 0.1) is 5.52 Å². The van der Waals surface area contributed by atoms with Crippen LogP contribution in [0.1, 0.15) is 5.56 Å². The maximum atomic E-state index is 4.89. The van der Waals surface area contributed by atoms with Gasteiger partial charge in [-0.2, -0.15) is 5.10 Å². The van der Waals surface area contributed by atoms with E-state index in [-0.39, 0.29) is 0 Å². The van der Waals surface area contributed by atoms with E-state index in [9.17, 15) is 0 Å². The van der Waals surface area contributed by atoms with Gasteiger partial charge in [-0.25, -0.2) is 0 Å². The van der Waals surface area contributed by atoms with E-state index >= 15 is 0 Å². The van der Waals surface area contributed by atoms with Crippen molar-refractivity contribution >= 4 is 10.9 Å². The monoisotopic (exact) mass is 298 g/mol. The van der Waals surface area contributed by atoms with Crippen molar-refractivity contribution in [2.24, 2.45) is 0 Å². The van der Waals surface area contributed by atoms with Gasteiger partial charge in [0, 0.05) is 17.5 Å². The van der Waals surface area contributed by atoms with E-state index in [1.807, 2.05) is 6.07 Å². The lowest BCUT2D eigenvalue weighted by atomic mass is 10.1. The Bertz CT molecular complexity index is 908. The van der Waals surface area contributed by atoms with Crippen LogP contribution in [0.3, 0.4) is 0 Å². The van der Waals surface area contributed by atoms with Crippen molar-refractivity contribution in [1.29, 1.82) is 0 Å². The van der Waals surface area contributed by atoms with Crippen molar-refractivity contribution in [2.45, 2.75) is 13.0 Å². The fourth-order valence-corrected chi connectivity index (χ4v) is 2.99. The van der Waals surface area contributed by atoms with Crippen molar-refractivity contribution in [1.82, 2.24) is 9.78 Å². The minimum atomic E-state index is 0.886. The lowest BCUT2D eigenvalue weighted by Gasteiger charge is -2.03. The molecular weight excluding hydrogens is 280 g/mol. The molecule has 0 unspecified atom stereocenters. The lowest BCUT2D eigenvalue weighted by Crippen LogP contribution is -2.03. The molecule has 4 aromatic rings. The van der Waals surface area contributed by atoms with E-state index in [1.165, 1.54) is 22.0 Å². The van der Waals surface area contributed by atoms with Crippen molar-refractivity contribution < 1.29 is 0 Å². The minimum absolute atomic E-state index is 0.886. The highest BCUT2D eigenvalue weighted by Crippen LogP contribution is 2.27. The summed E-state index contributed by atoms with van der Waals surface area (Å²) in [7, 11) is 0. The van der Waals surface area contributed by atoms with Crippen LogP contribution in [0.15, 0.2) is 84.9 Å². The van der Waals surface area contributed by atoms with Crippen molar-refractivity contribution in [2.75, 3.05) is 0 Å². The zero-order valence-corrected chi connectivity index (χ0v) is 12.9. The summed E-state index contributed by atoms with van der Waals surface area (Å²) in [6.07, 6.45) is 0.987. The second-order valence-electron chi connectivity index (χ2n) is 5.69. The number of aromatic nitrogens is 2. The molecule has 2 nitrogen and oxygen atoms in total. The average Bonchev–Trinajstić information content (AvgIpc) is 3.01. The predicted octanol–water partition coefficient (Wildman–Crippen LogP) is 4.95.